The Kier molecular flexibility index (Phi) is 5.14. The summed E-state index contributed by atoms with van der Waals surface area (Å²) in [5, 5.41) is 2.86. The van der Waals surface area contributed by atoms with Gasteiger partial charge in [0.25, 0.3) is 5.91 Å². The van der Waals surface area contributed by atoms with E-state index < -0.39 is 6.04 Å². The molecule has 5 heteroatoms. The first kappa shape index (κ1) is 17.2. The van der Waals surface area contributed by atoms with E-state index >= 15 is 0 Å². The van der Waals surface area contributed by atoms with Crippen LogP contribution in [0.15, 0.2) is 48.5 Å². The third-order valence-corrected chi connectivity index (χ3v) is 4.51. The third kappa shape index (κ3) is 3.42. The van der Waals surface area contributed by atoms with Gasteiger partial charge in [-0.05, 0) is 29.7 Å². The third-order valence-electron chi connectivity index (χ3n) is 4.51. The molecule has 1 aliphatic rings. The van der Waals surface area contributed by atoms with Crippen molar-refractivity contribution in [3.8, 4) is 0 Å². The number of benzene rings is 2. The summed E-state index contributed by atoms with van der Waals surface area (Å²) in [5.74, 6) is -0.283. The highest BCUT2D eigenvalue weighted by molar-refractivity contribution is 6.04. The Morgan fingerprint density at radius 1 is 1.16 bits per heavy atom. The van der Waals surface area contributed by atoms with Gasteiger partial charge in [0.1, 0.15) is 6.04 Å². The minimum Gasteiger partial charge on any atom is -0.383 e. The Hall–Kier alpha value is -2.66. The van der Waals surface area contributed by atoms with E-state index in [1.165, 1.54) is 0 Å². The molecule has 2 aromatic rings. The fourth-order valence-electron chi connectivity index (χ4n) is 3.16. The maximum atomic E-state index is 12.9. The number of amides is 2. The van der Waals surface area contributed by atoms with Gasteiger partial charge in [-0.15, -0.1) is 0 Å². The summed E-state index contributed by atoms with van der Waals surface area (Å²) < 4.78 is 4.99. The molecule has 5 nitrogen and oxygen atoms in total. The summed E-state index contributed by atoms with van der Waals surface area (Å²) in [6.07, 6.45) is 0. The maximum Gasteiger partial charge on any atom is 0.255 e. The van der Waals surface area contributed by atoms with Gasteiger partial charge in [-0.1, -0.05) is 42.5 Å². The molecule has 1 atom stereocenters. The number of fused-ring (bicyclic) bond motifs is 1. The lowest BCUT2D eigenvalue weighted by Gasteiger charge is -2.25. The Morgan fingerprint density at radius 3 is 2.64 bits per heavy atom. The summed E-state index contributed by atoms with van der Waals surface area (Å²) in [5.41, 5.74) is 3.50. The van der Waals surface area contributed by atoms with Crippen molar-refractivity contribution in [1.82, 2.24) is 10.2 Å². The van der Waals surface area contributed by atoms with Gasteiger partial charge in [0.2, 0.25) is 5.91 Å². The number of nitrogens with zero attached hydrogens (tertiary/aromatic N) is 1. The molecule has 3 rings (SSSR count). The highest BCUT2D eigenvalue weighted by atomic mass is 16.5. The van der Waals surface area contributed by atoms with E-state index in [4.69, 9.17) is 4.74 Å². The average Bonchev–Trinajstić information content (AvgIpc) is 2.90. The summed E-state index contributed by atoms with van der Waals surface area (Å²) >= 11 is 0. The highest BCUT2D eigenvalue weighted by Crippen LogP contribution is 2.35. The summed E-state index contributed by atoms with van der Waals surface area (Å²) in [6.45, 7) is 3.27. The van der Waals surface area contributed by atoms with Gasteiger partial charge >= 0.3 is 0 Å². The lowest BCUT2D eigenvalue weighted by Crippen LogP contribution is -2.40. The van der Waals surface area contributed by atoms with E-state index in [-0.39, 0.29) is 11.8 Å². The highest BCUT2D eigenvalue weighted by Gasteiger charge is 2.40. The van der Waals surface area contributed by atoms with Crippen LogP contribution in [0.1, 0.15) is 33.1 Å². The molecule has 0 saturated heterocycles. The van der Waals surface area contributed by atoms with Crippen molar-refractivity contribution in [2.75, 3.05) is 20.3 Å². The number of hydrogen-bond donors (Lipinski definition) is 1. The molecule has 2 amide bonds. The molecule has 0 unspecified atom stereocenters. The van der Waals surface area contributed by atoms with Crippen molar-refractivity contribution in [2.45, 2.75) is 19.5 Å². The Bertz CT molecular complexity index is 788. The van der Waals surface area contributed by atoms with Gasteiger partial charge < -0.3 is 15.0 Å². The molecule has 0 saturated carbocycles. The van der Waals surface area contributed by atoms with Crippen LogP contribution in [0.2, 0.25) is 0 Å². The van der Waals surface area contributed by atoms with Crippen LogP contribution in [0.25, 0.3) is 0 Å². The van der Waals surface area contributed by atoms with Gasteiger partial charge in [0.05, 0.1) is 6.61 Å². The molecule has 0 spiro atoms. The maximum absolute atomic E-state index is 12.9. The minimum absolute atomic E-state index is 0.106. The zero-order chi connectivity index (χ0) is 17.8. The minimum atomic E-state index is -0.611. The second-order valence-corrected chi connectivity index (χ2v) is 6.13. The summed E-state index contributed by atoms with van der Waals surface area (Å²) in [7, 11) is 1.59. The fraction of sp³-hybridized carbons (Fsp3) is 0.300. The first-order valence-corrected chi connectivity index (χ1v) is 8.34. The predicted octanol–water partition coefficient (Wildman–Crippen LogP) is 2.45. The van der Waals surface area contributed by atoms with Crippen molar-refractivity contribution in [2.24, 2.45) is 0 Å². The molecule has 1 N–H and O–H groups in total. The van der Waals surface area contributed by atoms with E-state index in [9.17, 15) is 9.59 Å². The van der Waals surface area contributed by atoms with Crippen LogP contribution in [0.3, 0.4) is 0 Å². The molecule has 0 bridgehead atoms. The average molecular weight is 338 g/mol. The van der Waals surface area contributed by atoms with Gasteiger partial charge in [0, 0.05) is 25.8 Å². The van der Waals surface area contributed by atoms with Crippen LogP contribution in [0.5, 0.6) is 0 Å². The second kappa shape index (κ2) is 7.49. The van der Waals surface area contributed by atoms with Crippen LogP contribution < -0.4 is 5.32 Å². The number of aryl methyl sites for hydroxylation is 1. The summed E-state index contributed by atoms with van der Waals surface area (Å²) in [6, 6.07) is 14.6. The fourth-order valence-corrected chi connectivity index (χ4v) is 3.16. The van der Waals surface area contributed by atoms with E-state index in [1.807, 2.05) is 49.4 Å². The topological polar surface area (TPSA) is 58.6 Å². The van der Waals surface area contributed by atoms with E-state index in [1.54, 1.807) is 18.1 Å². The molecular formula is C20H22N2O3. The smallest absolute Gasteiger partial charge is 0.255 e. The number of carbonyl (C=O) groups excluding carboxylic acids is 2. The molecule has 0 aromatic heterocycles. The molecule has 1 aliphatic heterocycles. The number of ether oxygens (including phenoxy) is 1. The van der Waals surface area contributed by atoms with Gasteiger partial charge in [-0.3, -0.25) is 9.59 Å². The van der Waals surface area contributed by atoms with Crippen molar-refractivity contribution in [3.05, 3.63) is 70.8 Å². The molecule has 130 valence electrons. The Morgan fingerprint density at radius 2 is 1.88 bits per heavy atom. The molecule has 0 radical (unpaired) electrons. The van der Waals surface area contributed by atoms with Crippen LogP contribution in [-0.4, -0.2) is 37.0 Å². The van der Waals surface area contributed by atoms with Crippen LogP contribution in [0, 0.1) is 6.92 Å². The zero-order valence-electron chi connectivity index (χ0n) is 14.5. The number of methoxy groups -OCH3 is 1. The van der Waals surface area contributed by atoms with Crippen molar-refractivity contribution in [1.29, 1.82) is 0 Å². The van der Waals surface area contributed by atoms with E-state index in [2.05, 4.69) is 5.32 Å². The SMILES string of the molecule is COCCNC(=O)[C@@H]1c2ccccc2C(=O)N1Cc1ccccc1C. The summed E-state index contributed by atoms with van der Waals surface area (Å²) in [4.78, 5) is 27.3. The molecule has 25 heavy (non-hydrogen) atoms. The zero-order valence-corrected chi connectivity index (χ0v) is 14.5. The van der Waals surface area contributed by atoms with E-state index in [0.29, 0.717) is 25.3 Å². The lowest BCUT2D eigenvalue weighted by atomic mass is 10.0. The Balaban J connectivity index is 1.90. The number of rotatable bonds is 6. The Labute approximate surface area is 147 Å². The van der Waals surface area contributed by atoms with Gasteiger partial charge in [0.15, 0.2) is 0 Å². The molecule has 1 heterocycles. The lowest BCUT2D eigenvalue weighted by molar-refractivity contribution is -0.125. The second-order valence-electron chi connectivity index (χ2n) is 6.13. The van der Waals surface area contributed by atoms with Crippen molar-refractivity contribution < 1.29 is 14.3 Å². The number of carbonyl (C=O) groups is 2. The number of hydrogen-bond acceptors (Lipinski definition) is 3. The largest absolute Gasteiger partial charge is 0.383 e. The monoisotopic (exact) mass is 338 g/mol. The molecular weight excluding hydrogens is 316 g/mol. The number of nitrogens with one attached hydrogen (secondary N) is 1. The van der Waals surface area contributed by atoms with Crippen LogP contribution in [-0.2, 0) is 16.1 Å². The molecule has 0 fully saturated rings. The normalized spacial score (nSPS) is 16.0. The van der Waals surface area contributed by atoms with Crippen molar-refractivity contribution >= 4 is 11.8 Å². The van der Waals surface area contributed by atoms with E-state index in [0.717, 1.165) is 16.7 Å². The first-order chi connectivity index (χ1) is 12.1. The molecule has 2 aromatic carbocycles. The quantitative estimate of drug-likeness (QED) is 0.823. The van der Waals surface area contributed by atoms with Gasteiger partial charge in [-0.25, -0.2) is 0 Å². The van der Waals surface area contributed by atoms with Gasteiger partial charge in [-0.2, -0.15) is 0 Å². The first-order valence-electron chi connectivity index (χ1n) is 8.34. The van der Waals surface area contributed by atoms with Crippen LogP contribution in [0.4, 0.5) is 0 Å². The standard InChI is InChI=1S/C20H22N2O3/c1-14-7-3-4-8-15(14)13-22-18(19(23)21-11-12-25-2)16-9-5-6-10-17(16)20(22)24/h3-10,18H,11-13H2,1-2H3,(H,21,23)/t18-/m0/s1. The van der Waals surface area contributed by atoms with Crippen molar-refractivity contribution in [3.63, 3.8) is 0 Å². The molecule has 0 aliphatic carbocycles. The van der Waals surface area contributed by atoms with Crippen LogP contribution >= 0.6 is 0 Å². The predicted molar refractivity (Wildman–Crippen MR) is 95.1 cm³/mol.